The van der Waals surface area contributed by atoms with E-state index in [-0.39, 0.29) is 17.6 Å². The van der Waals surface area contributed by atoms with Crippen molar-refractivity contribution in [1.29, 1.82) is 0 Å². The van der Waals surface area contributed by atoms with Crippen LogP contribution in [0.4, 0.5) is 10.1 Å². The zero-order valence-electron chi connectivity index (χ0n) is 16.0. The van der Waals surface area contributed by atoms with Gasteiger partial charge in [0.25, 0.3) is 0 Å². The zero-order valence-corrected chi connectivity index (χ0v) is 16.8. The highest BCUT2D eigenvalue weighted by Gasteiger charge is 2.27. The smallest absolute Gasteiger partial charge is 0.228 e. The molecule has 1 atom stereocenters. The third-order valence-corrected chi connectivity index (χ3v) is 5.26. The van der Waals surface area contributed by atoms with Crippen molar-refractivity contribution in [1.82, 2.24) is 4.90 Å². The van der Waals surface area contributed by atoms with Crippen LogP contribution in [0.15, 0.2) is 36.4 Å². The van der Waals surface area contributed by atoms with Crippen LogP contribution in [0.5, 0.6) is 11.5 Å². The average Bonchev–Trinajstić information content (AvgIpc) is 2.71. The fraction of sp³-hybridized carbons (Fsp3) is 0.381. The van der Waals surface area contributed by atoms with Crippen molar-refractivity contribution in [2.24, 2.45) is 5.92 Å². The minimum absolute atomic E-state index is 0.0964. The van der Waals surface area contributed by atoms with Crippen molar-refractivity contribution in [3.05, 3.63) is 52.8 Å². The normalized spacial score (nSPS) is 17.2. The maximum absolute atomic E-state index is 13.9. The number of nitrogens with one attached hydrogen (secondary N) is 1. The quantitative estimate of drug-likeness (QED) is 0.775. The van der Waals surface area contributed by atoms with E-state index in [4.69, 9.17) is 21.1 Å². The Balaban J connectivity index is 1.68. The fourth-order valence-electron chi connectivity index (χ4n) is 3.47. The van der Waals surface area contributed by atoms with Gasteiger partial charge in [-0.15, -0.1) is 0 Å². The van der Waals surface area contributed by atoms with Gasteiger partial charge in [0.15, 0.2) is 0 Å². The SMILES string of the molecule is COc1cc(NC(=O)C2CCCN(Cc3ccccc3F)C2)c(OC)cc1Cl. The van der Waals surface area contributed by atoms with Crippen LogP contribution in [0.3, 0.4) is 0 Å². The zero-order chi connectivity index (χ0) is 20.1. The number of piperidine rings is 1. The Morgan fingerprint density at radius 1 is 1.25 bits per heavy atom. The van der Waals surface area contributed by atoms with Crippen molar-refractivity contribution in [2.45, 2.75) is 19.4 Å². The van der Waals surface area contributed by atoms with Gasteiger partial charge >= 0.3 is 0 Å². The summed E-state index contributed by atoms with van der Waals surface area (Å²) in [4.78, 5) is 15.0. The minimum Gasteiger partial charge on any atom is -0.495 e. The van der Waals surface area contributed by atoms with Gasteiger partial charge in [0.05, 0.1) is 30.8 Å². The number of carbonyl (C=O) groups is 1. The van der Waals surface area contributed by atoms with E-state index in [0.717, 1.165) is 19.4 Å². The summed E-state index contributed by atoms with van der Waals surface area (Å²) in [7, 11) is 3.03. The van der Waals surface area contributed by atoms with Crippen molar-refractivity contribution in [2.75, 3.05) is 32.6 Å². The molecule has 5 nitrogen and oxygen atoms in total. The van der Waals surface area contributed by atoms with Crippen LogP contribution >= 0.6 is 11.6 Å². The molecule has 1 unspecified atom stereocenters. The molecule has 2 aromatic carbocycles. The Kier molecular flexibility index (Phi) is 6.75. The molecule has 150 valence electrons. The van der Waals surface area contributed by atoms with Crippen molar-refractivity contribution in [3.8, 4) is 11.5 Å². The second kappa shape index (κ2) is 9.26. The highest BCUT2D eigenvalue weighted by molar-refractivity contribution is 6.32. The number of methoxy groups -OCH3 is 2. The number of halogens is 2. The van der Waals surface area contributed by atoms with Crippen molar-refractivity contribution in [3.63, 3.8) is 0 Å². The van der Waals surface area contributed by atoms with Gasteiger partial charge in [0, 0.05) is 30.8 Å². The lowest BCUT2D eigenvalue weighted by atomic mass is 9.96. The van der Waals surface area contributed by atoms with Crippen LogP contribution in [-0.2, 0) is 11.3 Å². The standard InChI is InChI=1S/C21H24ClFN2O3/c1-27-19-11-18(20(28-2)10-16(19)22)24-21(26)15-7-5-9-25(13-15)12-14-6-3-4-8-17(14)23/h3-4,6,8,10-11,15H,5,7,9,12-13H2,1-2H3,(H,24,26). The number of ether oxygens (including phenoxy) is 2. The molecule has 0 radical (unpaired) electrons. The van der Waals surface area contributed by atoms with Crippen molar-refractivity contribution >= 4 is 23.2 Å². The third-order valence-electron chi connectivity index (χ3n) is 4.96. The molecule has 0 saturated carbocycles. The van der Waals surface area contributed by atoms with Crippen LogP contribution in [0.2, 0.25) is 5.02 Å². The van der Waals surface area contributed by atoms with Gasteiger partial charge in [-0.2, -0.15) is 0 Å². The predicted molar refractivity (Wildman–Crippen MR) is 108 cm³/mol. The Bertz CT molecular complexity index is 846. The number of amides is 1. The number of benzene rings is 2. The van der Waals surface area contributed by atoms with Gasteiger partial charge < -0.3 is 14.8 Å². The summed E-state index contributed by atoms with van der Waals surface area (Å²) < 4.78 is 24.5. The molecule has 28 heavy (non-hydrogen) atoms. The van der Waals surface area contributed by atoms with Gasteiger partial charge in [-0.05, 0) is 25.5 Å². The van der Waals surface area contributed by atoms with E-state index < -0.39 is 0 Å². The molecule has 0 spiro atoms. The first-order valence-electron chi connectivity index (χ1n) is 9.20. The second-order valence-electron chi connectivity index (χ2n) is 6.84. The molecule has 1 saturated heterocycles. The van der Waals surface area contributed by atoms with Crippen LogP contribution in [0.1, 0.15) is 18.4 Å². The fourth-order valence-corrected chi connectivity index (χ4v) is 3.70. The molecule has 1 fully saturated rings. The lowest BCUT2D eigenvalue weighted by Crippen LogP contribution is -2.40. The summed E-state index contributed by atoms with van der Waals surface area (Å²) in [6, 6.07) is 10.0. The van der Waals surface area contributed by atoms with E-state index >= 15 is 0 Å². The van der Waals surface area contributed by atoms with Crippen LogP contribution in [-0.4, -0.2) is 38.1 Å². The maximum Gasteiger partial charge on any atom is 0.228 e. The lowest BCUT2D eigenvalue weighted by molar-refractivity contribution is -0.121. The molecule has 0 bridgehead atoms. The Labute approximate surface area is 169 Å². The molecule has 2 aromatic rings. The van der Waals surface area contributed by atoms with E-state index in [1.54, 1.807) is 24.3 Å². The molecule has 0 aliphatic carbocycles. The maximum atomic E-state index is 13.9. The number of carbonyl (C=O) groups excluding carboxylic acids is 1. The molecule has 1 aliphatic rings. The van der Waals surface area contributed by atoms with Gasteiger partial charge in [-0.1, -0.05) is 29.8 Å². The predicted octanol–water partition coefficient (Wildman–Crippen LogP) is 4.35. The minimum atomic E-state index is -0.216. The average molecular weight is 407 g/mol. The lowest BCUT2D eigenvalue weighted by Gasteiger charge is -2.32. The number of rotatable bonds is 6. The van der Waals surface area contributed by atoms with Crippen LogP contribution < -0.4 is 14.8 Å². The number of anilines is 1. The summed E-state index contributed by atoms with van der Waals surface area (Å²) in [5.41, 5.74) is 1.16. The monoisotopic (exact) mass is 406 g/mol. The number of hydrogen-bond donors (Lipinski definition) is 1. The molecule has 1 amide bonds. The summed E-state index contributed by atoms with van der Waals surface area (Å²) in [6.45, 7) is 1.91. The number of likely N-dealkylation sites (tertiary alicyclic amines) is 1. The topological polar surface area (TPSA) is 50.8 Å². The first-order chi connectivity index (χ1) is 13.5. The Hall–Kier alpha value is -2.31. The molecule has 0 aromatic heterocycles. The van der Waals surface area contributed by atoms with Crippen LogP contribution in [0, 0.1) is 11.7 Å². The highest BCUT2D eigenvalue weighted by atomic mass is 35.5. The second-order valence-corrected chi connectivity index (χ2v) is 7.25. The summed E-state index contributed by atoms with van der Waals surface area (Å²) in [5.74, 6) is 0.431. The van der Waals surface area contributed by atoms with Gasteiger partial charge in [0.2, 0.25) is 5.91 Å². The number of nitrogens with zero attached hydrogens (tertiary/aromatic N) is 1. The summed E-state index contributed by atoms with van der Waals surface area (Å²) >= 11 is 6.12. The largest absolute Gasteiger partial charge is 0.495 e. The summed E-state index contributed by atoms with van der Waals surface area (Å²) in [5, 5.41) is 3.33. The van der Waals surface area contributed by atoms with Gasteiger partial charge in [-0.3, -0.25) is 9.69 Å². The summed E-state index contributed by atoms with van der Waals surface area (Å²) in [6.07, 6.45) is 1.67. The first kappa shape index (κ1) is 20.4. The molecule has 1 N–H and O–H groups in total. The first-order valence-corrected chi connectivity index (χ1v) is 9.57. The molecule has 3 rings (SSSR count). The third kappa shape index (κ3) is 4.75. The Morgan fingerprint density at radius 2 is 2.00 bits per heavy atom. The molecular weight excluding hydrogens is 383 g/mol. The molecular formula is C21H24ClFN2O3. The van der Waals surface area contributed by atoms with E-state index in [0.29, 0.717) is 40.9 Å². The van der Waals surface area contributed by atoms with Gasteiger partial charge in [-0.25, -0.2) is 4.39 Å². The Morgan fingerprint density at radius 3 is 2.71 bits per heavy atom. The highest BCUT2D eigenvalue weighted by Crippen LogP contribution is 2.36. The van der Waals surface area contributed by atoms with E-state index in [9.17, 15) is 9.18 Å². The van der Waals surface area contributed by atoms with Crippen LogP contribution in [0.25, 0.3) is 0 Å². The van der Waals surface area contributed by atoms with E-state index in [2.05, 4.69) is 10.2 Å². The number of hydrogen-bond acceptors (Lipinski definition) is 4. The molecule has 7 heteroatoms. The van der Waals surface area contributed by atoms with Gasteiger partial charge in [0.1, 0.15) is 17.3 Å². The van der Waals surface area contributed by atoms with E-state index in [1.807, 2.05) is 6.07 Å². The molecule has 1 aliphatic heterocycles. The van der Waals surface area contributed by atoms with Crippen molar-refractivity contribution < 1.29 is 18.7 Å². The molecule has 1 heterocycles. The van der Waals surface area contributed by atoms with E-state index in [1.165, 1.54) is 20.3 Å².